The molecular weight excluding hydrogens is 428 g/mol. The van der Waals surface area contributed by atoms with Crippen LogP contribution < -0.4 is 0 Å². The van der Waals surface area contributed by atoms with Crippen molar-refractivity contribution < 1.29 is 28.5 Å². The molecule has 0 aliphatic carbocycles. The minimum atomic E-state index is -0.729. The third-order valence-electron chi connectivity index (χ3n) is 7.35. The van der Waals surface area contributed by atoms with E-state index in [1.165, 1.54) is 0 Å². The topological polar surface area (TPSA) is 63.2 Å². The van der Waals surface area contributed by atoms with Gasteiger partial charge in [0.15, 0.2) is 5.60 Å². The van der Waals surface area contributed by atoms with E-state index >= 15 is 0 Å². The zero-order valence-electron chi connectivity index (χ0n) is 17.6. The maximum atomic E-state index is 11.5. The second kappa shape index (κ2) is 6.82. The summed E-state index contributed by atoms with van der Waals surface area (Å²) in [5.74, 6) is 0. The molecular formula is C21H33BrO6. The average molecular weight is 461 g/mol. The smallest absolute Gasteiger partial charge is 0.430 e. The van der Waals surface area contributed by atoms with Crippen LogP contribution in [-0.4, -0.2) is 58.3 Å². The first kappa shape index (κ1) is 20.9. The maximum Gasteiger partial charge on any atom is 0.509 e. The summed E-state index contributed by atoms with van der Waals surface area (Å²) in [5, 5.41) is 0. The molecule has 4 fully saturated rings. The Labute approximate surface area is 176 Å². The monoisotopic (exact) mass is 460 g/mol. The van der Waals surface area contributed by atoms with Crippen LogP contribution in [0.5, 0.6) is 0 Å². The van der Waals surface area contributed by atoms with Crippen molar-refractivity contribution in [1.82, 2.24) is 0 Å². The second-order valence-corrected chi connectivity index (χ2v) is 11.2. The lowest BCUT2D eigenvalue weighted by Gasteiger charge is -2.48. The van der Waals surface area contributed by atoms with Crippen LogP contribution in [0.3, 0.4) is 0 Å². The third-order valence-corrected chi connectivity index (χ3v) is 8.91. The van der Waals surface area contributed by atoms with Gasteiger partial charge in [-0.3, -0.25) is 0 Å². The number of carbonyl (C=O) groups is 1. The van der Waals surface area contributed by atoms with Crippen molar-refractivity contribution in [3.05, 3.63) is 0 Å². The van der Waals surface area contributed by atoms with Crippen molar-refractivity contribution in [3.63, 3.8) is 0 Å². The summed E-state index contributed by atoms with van der Waals surface area (Å²) in [6, 6.07) is 0. The Balaban J connectivity index is 1.55. The van der Waals surface area contributed by atoms with E-state index in [0.717, 1.165) is 38.5 Å². The highest BCUT2D eigenvalue weighted by molar-refractivity contribution is 9.09. The van der Waals surface area contributed by atoms with Gasteiger partial charge in [0.25, 0.3) is 0 Å². The van der Waals surface area contributed by atoms with E-state index in [0.29, 0.717) is 4.83 Å². The maximum absolute atomic E-state index is 11.5. The average Bonchev–Trinajstić information content (AvgIpc) is 2.89. The Morgan fingerprint density at radius 2 is 1.32 bits per heavy atom. The van der Waals surface area contributed by atoms with Crippen LogP contribution in [0.4, 0.5) is 4.79 Å². The van der Waals surface area contributed by atoms with Gasteiger partial charge in [0.1, 0.15) is 12.7 Å². The fraction of sp³-hybridized carbons (Fsp3) is 0.952. The van der Waals surface area contributed by atoms with E-state index in [1.807, 2.05) is 6.92 Å². The minimum Gasteiger partial charge on any atom is -0.430 e. The number of alkyl halides is 1. The van der Waals surface area contributed by atoms with Crippen molar-refractivity contribution in [3.8, 4) is 0 Å². The number of cyclic esters (lactones) is 2. The summed E-state index contributed by atoms with van der Waals surface area (Å²) < 4.78 is 30.5. The van der Waals surface area contributed by atoms with Gasteiger partial charge in [-0.25, -0.2) is 4.79 Å². The summed E-state index contributed by atoms with van der Waals surface area (Å²) in [7, 11) is 0. The summed E-state index contributed by atoms with van der Waals surface area (Å²) >= 11 is 3.81. The molecule has 0 saturated carbocycles. The quantitative estimate of drug-likeness (QED) is 0.423. The Hall–Kier alpha value is -0.370. The van der Waals surface area contributed by atoms with E-state index in [-0.39, 0.29) is 36.1 Å². The number of ether oxygens (including phenoxy) is 5. The molecule has 0 unspecified atom stereocenters. The molecule has 0 aromatic rings. The Morgan fingerprint density at radius 1 is 0.786 bits per heavy atom. The lowest BCUT2D eigenvalue weighted by Crippen LogP contribution is -2.57. The first-order chi connectivity index (χ1) is 13.0. The molecule has 0 amide bonds. The van der Waals surface area contributed by atoms with Crippen LogP contribution in [0.1, 0.15) is 73.1 Å². The van der Waals surface area contributed by atoms with Gasteiger partial charge in [-0.2, -0.15) is 0 Å². The molecule has 7 heteroatoms. The molecule has 28 heavy (non-hydrogen) atoms. The highest BCUT2D eigenvalue weighted by Crippen LogP contribution is 2.49. The predicted octanol–water partition coefficient (Wildman–Crippen LogP) is 4.51. The summed E-state index contributed by atoms with van der Waals surface area (Å²) in [6.07, 6.45) is 4.58. The second-order valence-electron chi connectivity index (χ2n) is 10.1. The van der Waals surface area contributed by atoms with Gasteiger partial charge >= 0.3 is 6.16 Å². The van der Waals surface area contributed by atoms with Gasteiger partial charge in [-0.1, -0.05) is 15.9 Å². The normalized spacial score (nSPS) is 51.1. The molecule has 6 nitrogen and oxygen atoms in total. The molecule has 4 aliphatic heterocycles. The van der Waals surface area contributed by atoms with Gasteiger partial charge < -0.3 is 23.7 Å². The Kier molecular flexibility index (Phi) is 5.09. The largest absolute Gasteiger partial charge is 0.509 e. The molecule has 4 heterocycles. The number of rotatable bonds is 1. The zero-order valence-corrected chi connectivity index (χ0v) is 19.2. The number of fused-ring (bicyclic) bond motifs is 2. The van der Waals surface area contributed by atoms with Gasteiger partial charge in [0.05, 0.1) is 29.0 Å². The van der Waals surface area contributed by atoms with Crippen molar-refractivity contribution in [2.45, 2.75) is 119 Å². The summed E-state index contributed by atoms with van der Waals surface area (Å²) in [4.78, 5) is 11.8. The van der Waals surface area contributed by atoms with Crippen LogP contribution in [0.15, 0.2) is 0 Å². The van der Waals surface area contributed by atoms with Gasteiger partial charge in [0.2, 0.25) is 0 Å². The molecule has 0 aromatic carbocycles. The molecule has 0 N–H and O–H groups in total. The fourth-order valence-corrected chi connectivity index (χ4v) is 5.58. The molecule has 0 spiro atoms. The first-order valence-corrected chi connectivity index (χ1v) is 11.4. The minimum absolute atomic E-state index is 0.000962. The van der Waals surface area contributed by atoms with Gasteiger partial charge in [0, 0.05) is 4.83 Å². The van der Waals surface area contributed by atoms with E-state index in [9.17, 15) is 4.79 Å². The molecule has 4 rings (SSSR count). The molecule has 0 bridgehead atoms. The number of hydrogen-bond donors (Lipinski definition) is 0. The lowest BCUT2D eigenvalue weighted by molar-refractivity contribution is -0.256. The highest BCUT2D eigenvalue weighted by Gasteiger charge is 2.57. The Morgan fingerprint density at radius 3 is 1.89 bits per heavy atom. The van der Waals surface area contributed by atoms with Crippen LogP contribution >= 0.6 is 15.9 Å². The molecule has 4 aliphatic rings. The third kappa shape index (κ3) is 3.50. The predicted molar refractivity (Wildman–Crippen MR) is 107 cm³/mol. The number of hydrogen-bond acceptors (Lipinski definition) is 6. The van der Waals surface area contributed by atoms with E-state index in [1.54, 1.807) is 0 Å². The molecule has 0 aromatic heterocycles. The SMILES string of the molecule is CC1(C)O[C@@H]2CC[C@@]3(C)O[C@H]([C@@]4(C)COC(=O)O4)CC[C@@H]3O[C@@]2(C)CC[C@@H]1Br. The lowest BCUT2D eigenvalue weighted by atomic mass is 9.82. The van der Waals surface area contributed by atoms with Crippen molar-refractivity contribution in [1.29, 1.82) is 0 Å². The van der Waals surface area contributed by atoms with E-state index in [4.69, 9.17) is 23.7 Å². The molecule has 160 valence electrons. The Bertz CT molecular complexity index is 640. The van der Waals surface area contributed by atoms with Gasteiger partial charge in [-0.15, -0.1) is 0 Å². The van der Waals surface area contributed by atoms with Crippen LogP contribution in [0, 0.1) is 0 Å². The summed E-state index contributed by atoms with van der Waals surface area (Å²) in [5.41, 5.74) is -1.73. The standard InChI is InChI=1S/C21H33BrO6/c1-18(2)13(22)8-10-19(3)16(25-18)9-11-20(4)14(26-19)6-7-15(27-20)21(5)12-24-17(23)28-21/h13-16H,6-12H2,1-5H3/t13-,14-,15-,16+,19-,20+,21+/m0/s1. The molecule has 4 saturated heterocycles. The van der Waals surface area contributed by atoms with Crippen LogP contribution in [-0.2, 0) is 23.7 Å². The zero-order chi connectivity index (χ0) is 20.4. The van der Waals surface area contributed by atoms with Crippen LogP contribution in [0.25, 0.3) is 0 Å². The summed E-state index contributed by atoms with van der Waals surface area (Å²) in [6.45, 7) is 10.8. The number of carbonyl (C=O) groups excluding carboxylic acids is 1. The van der Waals surface area contributed by atoms with E-state index < -0.39 is 17.4 Å². The molecule has 0 radical (unpaired) electrons. The van der Waals surface area contributed by atoms with E-state index in [2.05, 4.69) is 43.6 Å². The first-order valence-electron chi connectivity index (χ1n) is 10.5. The van der Waals surface area contributed by atoms with Gasteiger partial charge in [-0.05, 0) is 73.1 Å². The van der Waals surface area contributed by atoms with Crippen molar-refractivity contribution in [2.75, 3.05) is 6.61 Å². The van der Waals surface area contributed by atoms with Crippen LogP contribution in [0.2, 0.25) is 0 Å². The number of halogens is 1. The highest BCUT2D eigenvalue weighted by atomic mass is 79.9. The van der Waals surface area contributed by atoms with Crippen molar-refractivity contribution in [2.24, 2.45) is 0 Å². The fourth-order valence-electron chi connectivity index (χ4n) is 5.24. The van der Waals surface area contributed by atoms with Crippen molar-refractivity contribution >= 4 is 22.1 Å². The molecule has 7 atom stereocenters.